The van der Waals surface area contributed by atoms with E-state index in [1.165, 1.54) is 13.2 Å². The van der Waals surface area contributed by atoms with Gasteiger partial charge >= 0.3 is 0 Å². The second kappa shape index (κ2) is 12.8. The van der Waals surface area contributed by atoms with Crippen molar-refractivity contribution in [1.82, 2.24) is 9.80 Å². The lowest BCUT2D eigenvalue weighted by Crippen LogP contribution is -2.46. The van der Waals surface area contributed by atoms with Crippen LogP contribution in [0.2, 0.25) is 0 Å². The van der Waals surface area contributed by atoms with Gasteiger partial charge in [0.1, 0.15) is 24.8 Å². The van der Waals surface area contributed by atoms with Gasteiger partial charge in [-0.1, -0.05) is 19.1 Å². The van der Waals surface area contributed by atoms with Crippen LogP contribution in [0.25, 0.3) is 0 Å². The second-order valence-electron chi connectivity index (χ2n) is 9.35. The number of nitrogens with zero attached hydrogens (tertiary/aromatic N) is 2. The molecule has 0 bridgehead atoms. The Morgan fingerprint density at radius 3 is 2.64 bits per heavy atom. The maximum atomic E-state index is 13.9. The summed E-state index contributed by atoms with van der Waals surface area (Å²) in [6.45, 7) is 5.94. The fourth-order valence-electron chi connectivity index (χ4n) is 4.34. The Bertz CT molecular complexity index is 1050. The van der Waals surface area contributed by atoms with Crippen molar-refractivity contribution in [1.29, 1.82) is 0 Å². The van der Waals surface area contributed by atoms with Crippen LogP contribution in [0.3, 0.4) is 0 Å². The molecule has 0 aromatic heterocycles. The average molecular weight is 502 g/mol. The number of likely N-dealkylation sites (N-methyl/N-ethyl adjacent to an activating group) is 1. The van der Waals surface area contributed by atoms with Gasteiger partial charge < -0.3 is 24.4 Å². The molecule has 1 N–H and O–H groups in total. The molecule has 0 spiro atoms. The number of nitrogens with one attached hydrogen (secondary N) is 1. The minimum absolute atomic E-state index is 0.0555. The highest BCUT2D eigenvalue weighted by molar-refractivity contribution is 5.98. The molecular formula is C27H36FN3O5. The molecule has 2 aromatic carbocycles. The van der Waals surface area contributed by atoms with E-state index in [0.29, 0.717) is 43.2 Å². The summed E-state index contributed by atoms with van der Waals surface area (Å²) in [5, 5.41) is 2.75. The van der Waals surface area contributed by atoms with Crippen LogP contribution in [0, 0.1) is 11.7 Å². The highest BCUT2D eigenvalue weighted by atomic mass is 19.1. The van der Waals surface area contributed by atoms with Crippen LogP contribution >= 0.6 is 0 Å². The molecule has 0 saturated carbocycles. The number of anilines is 1. The fraction of sp³-hybridized carbons (Fsp3) is 0.481. The van der Waals surface area contributed by atoms with Gasteiger partial charge in [0.25, 0.3) is 5.91 Å². The Morgan fingerprint density at radius 1 is 1.17 bits per heavy atom. The first-order valence-electron chi connectivity index (χ1n) is 12.0. The Balaban J connectivity index is 1.93. The van der Waals surface area contributed by atoms with Crippen LogP contribution in [-0.4, -0.2) is 81.3 Å². The molecule has 1 aliphatic heterocycles. The van der Waals surface area contributed by atoms with E-state index >= 15 is 0 Å². The van der Waals surface area contributed by atoms with Gasteiger partial charge in [-0.2, -0.15) is 0 Å². The third-order valence-corrected chi connectivity index (χ3v) is 6.41. The number of rotatable bonds is 6. The molecule has 1 aliphatic rings. The van der Waals surface area contributed by atoms with E-state index in [1.54, 1.807) is 49.4 Å². The van der Waals surface area contributed by atoms with E-state index in [0.717, 1.165) is 5.56 Å². The minimum atomic E-state index is -0.305. The number of carbonyl (C=O) groups is 2. The zero-order valence-corrected chi connectivity index (χ0v) is 21.6. The molecule has 0 fully saturated rings. The first kappa shape index (κ1) is 27.6. The summed E-state index contributed by atoms with van der Waals surface area (Å²) in [6, 6.07) is 11.5. The quantitative estimate of drug-likeness (QED) is 0.654. The molecule has 0 saturated heterocycles. The summed E-state index contributed by atoms with van der Waals surface area (Å²) in [5.74, 6) is -0.300. The van der Waals surface area contributed by atoms with Gasteiger partial charge in [-0.15, -0.1) is 0 Å². The van der Waals surface area contributed by atoms with Gasteiger partial charge in [-0.25, -0.2) is 4.39 Å². The number of hydrogen-bond acceptors (Lipinski definition) is 6. The third-order valence-electron chi connectivity index (χ3n) is 6.41. The van der Waals surface area contributed by atoms with Crippen molar-refractivity contribution in [3.63, 3.8) is 0 Å². The summed E-state index contributed by atoms with van der Waals surface area (Å²) in [6.07, 6.45) is -0.197. The minimum Gasteiger partial charge on any atom is -0.491 e. The van der Waals surface area contributed by atoms with Crippen molar-refractivity contribution in [3.05, 3.63) is 59.4 Å². The maximum Gasteiger partial charge on any atom is 0.257 e. The Labute approximate surface area is 212 Å². The van der Waals surface area contributed by atoms with Gasteiger partial charge in [0, 0.05) is 58.7 Å². The standard InChI is InChI=1S/C27H36FN3O5/c1-18-13-31(14-20-7-6-8-21(28)11-20)19(2)16-36-24-12-22(29-26(32)17-34-4)9-10-23(24)27(33)30(3)15-25(18)35-5/h6-12,18-19,25H,13-17H2,1-5H3,(H,29,32)/t18-,19-,25-/m0/s1. The van der Waals surface area contributed by atoms with Gasteiger partial charge in [-0.3, -0.25) is 14.5 Å². The third kappa shape index (κ3) is 7.25. The van der Waals surface area contributed by atoms with Crippen LogP contribution in [-0.2, 0) is 20.8 Å². The number of ether oxygens (including phenoxy) is 3. The molecular weight excluding hydrogens is 465 g/mol. The second-order valence-corrected chi connectivity index (χ2v) is 9.35. The van der Waals surface area contributed by atoms with Crippen LogP contribution in [0.4, 0.5) is 10.1 Å². The number of benzene rings is 2. The lowest BCUT2D eigenvalue weighted by molar-refractivity contribution is -0.119. The van der Waals surface area contributed by atoms with E-state index < -0.39 is 0 Å². The van der Waals surface area contributed by atoms with Crippen molar-refractivity contribution in [2.45, 2.75) is 32.5 Å². The maximum absolute atomic E-state index is 13.9. The molecule has 9 heteroatoms. The van der Waals surface area contributed by atoms with Gasteiger partial charge in [-0.05, 0) is 42.7 Å². The normalized spacial score (nSPS) is 21.7. The number of methoxy groups -OCH3 is 2. The van der Waals surface area contributed by atoms with Gasteiger partial charge in [0.05, 0.1) is 11.7 Å². The van der Waals surface area contributed by atoms with E-state index in [-0.39, 0.29) is 42.3 Å². The van der Waals surface area contributed by atoms with Gasteiger partial charge in [0.15, 0.2) is 0 Å². The Morgan fingerprint density at radius 2 is 1.94 bits per heavy atom. The SMILES string of the molecule is COCC(=O)Nc1ccc2c(c1)OC[C@H](C)N(Cc1cccc(F)c1)C[C@H](C)[C@@H](OC)CN(C)C2=O. The zero-order chi connectivity index (χ0) is 26.2. The first-order valence-corrected chi connectivity index (χ1v) is 12.0. The van der Waals surface area contributed by atoms with E-state index in [1.807, 2.05) is 13.0 Å². The molecule has 3 rings (SSSR count). The Kier molecular flexibility index (Phi) is 9.81. The largest absolute Gasteiger partial charge is 0.491 e. The number of halogens is 1. The average Bonchev–Trinajstić information content (AvgIpc) is 2.84. The van der Waals surface area contributed by atoms with E-state index in [4.69, 9.17) is 14.2 Å². The number of amides is 2. The summed E-state index contributed by atoms with van der Waals surface area (Å²) in [7, 11) is 4.83. The summed E-state index contributed by atoms with van der Waals surface area (Å²) in [4.78, 5) is 29.2. The summed E-state index contributed by atoms with van der Waals surface area (Å²) >= 11 is 0. The van der Waals surface area contributed by atoms with Crippen LogP contribution in [0.15, 0.2) is 42.5 Å². The topological polar surface area (TPSA) is 80.3 Å². The number of hydrogen-bond donors (Lipinski definition) is 1. The lowest BCUT2D eigenvalue weighted by atomic mass is 10.0. The molecule has 2 amide bonds. The van der Waals surface area contributed by atoms with Crippen LogP contribution < -0.4 is 10.1 Å². The van der Waals surface area contributed by atoms with Crippen molar-refractivity contribution >= 4 is 17.5 Å². The highest BCUT2D eigenvalue weighted by Crippen LogP contribution is 2.27. The molecule has 0 unspecified atom stereocenters. The summed E-state index contributed by atoms with van der Waals surface area (Å²) in [5.41, 5.74) is 1.77. The molecule has 36 heavy (non-hydrogen) atoms. The van der Waals surface area contributed by atoms with E-state index in [9.17, 15) is 14.0 Å². The predicted octanol–water partition coefficient (Wildman–Crippen LogP) is 3.42. The Hall–Kier alpha value is -3.01. The number of fused-ring (bicyclic) bond motifs is 1. The van der Waals surface area contributed by atoms with Crippen LogP contribution in [0.1, 0.15) is 29.8 Å². The fourth-order valence-corrected chi connectivity index (χ4v) is 4.34. The van der Waals surface area contributed by atoms with Crippen LogP contribution in [0.5, 0.6) is 5.75 Å². The zero-order valence-electron chi connectivity index (χ0n) is 21.6. The van der Waals surface area contributed by atoms with Gasteiger partial charge in [0.2, 0.25) is 5.91 Å². The first-order chi connectivity index (χ1) is 17.2. The van der Waals surface area contributed by atoms with Crippen molar-refractivity contribution in [2.75, 3.05) is 52.9 Å². The van der Waals surface area contributed by atoms with Crippen molar-refractivity contribution < 1.29 is 28.2 Å². The molecule has 0 radical (unpaired) electrons. The molecule has 1 heterocycles. The summed E-state index contributed by atoms with van der Waals surface area (Å²) < 4.78 is 30.7. The lowest BCUT2D eigenvalue weighted by Gasteiger charge is -2.36. The monoisotopic (exact) mass is 501 g/mol. The van der Waals surface area contributed by atoms with Crippen molar-refractivity contribution in [3.8, 4) is 5.75 Å². The smallest absolute Gasteiger partial charge is 0.257 e. The van der Waals surface area contributed by atoms with Crippen molar-refractivity contribution in [2.24, 2.45) is 5.92 Å². The molecule has 196 valence electrons. The number of carbonyl (C=O) groups excluding carboxylic acids is 2. The molecule has 8 nitrogen and oxygen atoms in total. The highest BCUT2D eigenvalue weighted by Gasteiger charge is 2.28. The molecule has 3 atom stereocenters. The van der Waals surface area contributed by atoms with E-state index in [2.05, 4.69) is 17.1 Å². The molecule has 0 aliphatic carbocycles. The predicted molar refractivity (Wildman–Crippen MR) is 136 cm³/mol. The molecule has 2 aromatic rings.